The van der Waals surface area contributed by atoms with Crippen LogP contribution < -0.4 is 27.7 Å². The van der Waals surface area contributed by atoms with E-state index < -0.39 is 17.2 Å². The molecule has 188 valence electrons. The number of thioether (sulfide) groups is 1. The van der Waals surface area contributed by atoms with Crippen LogP contribution in [0.3, 0.4) is 0 Å². The zero-order valence-electron chi connectivity index (χ0n) is 20.0. The fourth-order valence-corrected chi connectivity index (χ4v) is 4.24. The Bertz CT molecular complexity index is 1300. The lowest BCUT2D eigenvalue weighted by Crippen LogP contribution is -2.43. The molecule has 0 aliphatic rings. The van der Waals surface area contributed by atoms with Crippen LogP contribution >= 0.6 is 11.8 Å². The van der Waals surface area contributed by atoms with Crippen molar-refractivity contribution in [3.05, 3.63) is 50.7 Å². The number of ether oxygens (including phenoxy) is 1. The van der Waals surface area contributed by atoms with Crippen LogP contribution in [0.1, 0.15) is 25.3 Å². The molecule has 0 spiro atoms. The van der Waals surface area contributed by atoms with Crippen LogP contribution in [-0.4, -0.2) is 56.3 Å². The highest BCUT2D eigenvalue weighted by atomic mass is 32.2. The lowest BCUT2D eigenvalue weighted by atomic mass is 10.1. The number of nitrogens with two attached hydrogens (primary N) is 2. The number of amides is 1. The second-order valence-corrected chi connectivity index (χ2v) is 8.76. The van der Waals surface area contributed by atoms with E-state index >= 15 is 0 Å². The highest BCUT2D eigenvalue weighted by molar-refractivity contribution is 7.99. The highest BCUT2D eigenvalue weighted by Crippen LogP contribution is 2.25. The van der Waals surface area contributed by atoms with Crippen molar-refractivity contribution in [3.63, 3.8) is 0 Å². The molecule has 0 fully saturated rings. The average molecular weight is 503 g/mol. The number of aromatic nitrogens is 5. The number of hydrogen-bond donors (Lipinski definition) is 3. The van der Waals surface area contributed by atoms with Crippen LogP contribution in [0.4, 0.5) is 11.5 Å². The second kappa shape index (κ2) is 11.7. The zero-order valence-corrected chi connectivity index (χ0v) is 20.8. The molecule has 0 bridgehead atoms. The molecule has 0 saturated carbocycles. The van der Waals surface area contributed by atoms with E-state index in [0.29, 0.717) is 23.9 Å². The topological polar surface area (TPSA) is 167 Å². The van der Waals surface area contributed by atoms with Gasteiger partial charge in [0.1, 0.15) is 5.82 Å². The molecule has 1 aromatic carbocycles. The Morgan fingerprint density at radius 3 is 2.69 bits per heavy atom. The number of aromatic amines is 1. The Morgan fingerprint density at radius 2 is 2.00 bits per heavy atom. The van der Waals surface area contributed by atoms with Gasteiger partial charge in [-0.2, -0.15) is 0 Å². The monoisotopic (exact) mass is 502 g/mol. The summed E-state index contributed by atoms with van der Waals surface area (Å²) in [6.07, 6.45) is 1.51. The Labute approximate surface area is 206 Å². The maximum atomic E-state index is 13.2. The number of aryl methyl sites for hydroxylation is 1. The van der Waals surface area contributed by atoms with Gasteiger partial charge in [-0.05, 0) is 18.9 Å². The van der Waals surface area contributed by atoms with E-state index in [4.69, 9.17) is 16.3 Å². The predicted molar refractivity (Wildman–Crippen MR) is 136 cm³/mol. The van der Waals surface area contributed by atoms with Crippen molar-refractivity contribution < 1.29 is 9.53 Å². The highest BCUT2D eigenvalue weighted by Gasteiger charge is 2.25. The van der Waals surface area contributed by atoms with Gasteiger partial charge in [0.15, 0.2) is 11.5 Å². The third kappa shape index (κ3) is 5.74. The Kier molecular flexibility index (Phi) is 8.71. The molecule has 0 aliphatic carbocycles. The molecule has 2 heterocycles. The molecule has 0 aliphatic heterocycles. The molecular weight excluding hydrogens is 472 g/mol. The smallest absolute Gasteiger partial charge is 0.330 e. The van der Waals surface area contributed by atoms with Gasteiger partial charge in [-0.25, -0.2) is 9.47 Å². The number of H-pyrrole nitrogens is 1. The van der Waals surface area contributed by atoms with E-state index in [9.17, 15) is 14.4 Å². The number of methoxy groups -OCH3 is 1. The molecule has 12 nitrogen and oxygen atoms in total. The quantitative estimate of drug-likeness (QED) is 0.256. The minimum absolute atomic E-state index is 0.0644. The summed E-state index contributed by atoms with van der Waals surface area (Å²) >= 11 is 1.08. The maximum absolute atomic E-state index is 13.2. The summed E-state index contributed by atoms with van der Waals surface area (Å²) in [5.41, 5.74) is 6.58. The van der Waals surface area contributed by atoms with E-state index in [0.717, 1.165) is 29.3 Å². The summed E-state index contributed by atoms with van der Waals surface area (Å²) in [7, 11) is 1.48. The summed E-state index contributed by atoms with van der Waals surface area (Å²) in [5.74, 6) is 6.08. The molecule has 13 heteroatoms. The van der Waals surface area contributed by atoms with Crippen LogP contribution in [0.2, 0.25) is 0 Å². The standard InChI is InChI=1S/C22H30N8O4S/c1-4-5-10-29-18(23)17(20(32)25-21(29)33)28(11-12-34-3)16(31)13-35-22-27-26-19(30(22)24)15-9-7-6-8-14(15)2/h6-9H,4-5,10-13,23-24H2,1-3H3,(H,25,32,33). The zero-order chi connectivity index (χ0) is 25.5. The summed E-state index contributed by atoms with van der Waals surface area (Å²) in [4.78, 5) is 41.7. The summed E-state index contributed by atoms with van der Waals surface area (Å²) in [5, 5.41) is 8.61. The molecule has 0 radical (unpaired) electrons. The molecule has 5 N–H and O–H groups in total. The molecule has 0 atom stereocenters. The van der Waals surface area contributed by atoms with Crippen LogP contribution in [0.15, 0.2) is 39.0 Å². The molecule has 35 heavy (non-hydrogen) atoms. The Morgan fingerprint density at radius 1 is 1.26 bits per heavy atom. The number of carbonyl (C=O) groups is 1. The molecule has 1 amide bonds. The molecule has 2 aromatic heterocycles. The fourth-order valence-electron chi connectivity index (χ4n) is 3.51. The van der Waals surface area contributed by atoms with Gasteiger partial charge >= 0.3 is 5.69 Å². The third-order valence-corrected chi connectivity index (χ3v) is 6.34. The number of nitrogens with one attached hydrogen (secondary N) is 1. The number of nitrogens with zero attached hydrogens (tertiary/aromatic N) is 5. The van der Waals surface area contributed by atoms with Crippen LogP contribution in [0.25, 0.3) is 11.4 Å². The van der Waals surface area contributed by atoms with E-state index in [1.54, 1.807) is 0 Å². The SMILES string of the molecule is CCCCn1c(N)c(N(CCOC)C(=O)CSc2nnc(-c3ccccc3C)n2N)c(=O)[nH]c1=O. The fraction of sp³-hybridized carbons (Fsp3) is 0.409. The number of unbranched alkanes of at least 4 members (excludes halogenated alkanes) is 1. The van der Waals surface area contributed by atoms with E-state index in [-0.39, 0.29) is 30.4 Å². The number of rotatable bonds is 11. The van der Waals surface area contributed by atoms with E-state index in [1.807, 2.05) is 38.1 Å². The summed E-state index contributed by atoms with van der Waals surface area (Å²) in [6, 6.07) is 7.62. The maximum Gasteiger partial charge on any atom is 0.330 e. The number of benzene rings is 1. The first-order chi connectivity index (χ1) is 16.8. The van der Waals surface area contributed by atoms with Crippen molar-refractivity contribution >= 4 is 29.2 Å². The van der Waals surface area contributed by atoms with Gasteiger partial charge in [0, 0.05) is 25.8 Å². The van der Waals surface area contributed by atoms with Gasteiger partial charge in [-0.1, -0.05) is 49.4 Å². The van der Waals surface area contributed by atoms with Gasteiger partial charge in [0.05, 0.1) is 12.4 Å². The van der Waals surface area contributed by atoms with Crippen molar-refractivity contribution in [1.29, 1.82) is 0 Å². The van der Waals surface area contributed by atoms with Gasteiger partial charge in [-0.3, -0.25) is 19.1 Å². The number of nitrogen functional groups attached to an aromatic ring is 2. The van der Waals surface area contributed by atoms with E-state index in [2.05, 4.69) is 15.2 Å². The summed E-state index contributed by atoms with van der Waals surface area (Å²) < 4.78 is 7.71. The van der Waals surface area contributed by atoms with Gasteiger partial charge < -0.3 is 21.2 Å². The number of hydrogen-bond acceptors (Lipinski definition) is 9. The summed E-state index contributed by atoms with van der Waals surface area (Å²) in [6.45, 7) is 4.47. The van der Waals surface area contributed by atoms with Crippen molar-refractivity contribution in [3.8, 4) is 11.4 Å². The largest absolute Gasteiger partial charge is 0.383 e. The number of anilines is 2. The minimum atomic E-state index is -0.737. The van der Waals surface area contributed by atoms with Crippen LogP contribution in [0, 0.1) is 6.92 Å². The lowest BCUT2D eigenvalue weighted by Gasteiger charge is -2.24. The first-order valence-electron chi connectivity index (χ1n) is 11.1. The van der Waals surface area contributed by atoms with Crippen molar-refractivity contribution in [2.45, 2.75) is 38.4 Å². The Balaban J connectivity index is 1.87. The average Bonchev–Trinajstić information content (AvgIpc) is 3.19. The van der Waals surface area contributed by atoms with Crippen molar-refractivity contribution in [2.75, 3.05) is 42.5 Å². The second-order valence-electron chi connectivity index (χ2n) is 7.82. The van der Waals surface area contributed by atoms with Gasteiger partial charge in [-0.15, -0.1) is 10.2 Å². The lowest BCUT2D eigenvalue weighted by molar-refractivity contribution is -0.116. The minimum Gasteiger partial charge on any atom is -0.383 e. The van der Waals surface area contributed by atoms with Crippen molar-refractivity contribution in [2.24, 2.45) is 0 Å². The van der Waals surface area contributed by atoms with Crippen LogP contribution in [-0.2, 0) is 16.1 Å². The van der Waals surface area contributed by atoms with E-state index in [1.165, 1.54) is 21.3 Å². The first-order valence-corrected chi connectivity index (χ1v) is 12.1. The Hall–Kier alpha value is -3.58. The van der Waals surface area contributed by atoms with Crippen molar-refractivity contribution in [1.82, 2.24) is 24.4 Å². The number of carbonyl (C=O) groups excluding carboxylic acids is 1. The predicted octanol–water partition coefficient (Wildman–Crippen LogP) is 0.971. The van der Waals surface area contributed by atoms with Gasteiger partial charge in [0.2, 0.25) is 11.1 Å². The molecule has 0 saturated heterocycles. The molecule has 3 rings (SSSR count). The van der Waals surface area contributed by atoms with Crippen LogP contribution in [0.5, 0.6) is 0 Å². The molecular formula is C22H30N8O4S. The third-order valence-electron chi connectivity index (χ3n) is 5.41. The first kappa shape index (κ1) is 26.0. The molecule has 3 aromatic rings. The van der Waals surface area contributed by atoms with Gasteiger partial charge in [0.25, 0.3) is 5.56 Å². The molecule has 0 unspecified atom stereocenters. The normalized spacial score (nSPS) is 11.1.